The molecule has 1 saturated heterocycles. The van der Waals surface area contributed by atoms with Crippen LogP contribution in [0.4, 0.5) is 0 Å². The Balaban J connectivity index is 2.23. The molecule has 0 bridgehead atoms. The van der Waals surface area contributed by atoms with Crippen LogP contribution in [0.5, 0.6) is 0 Å². The van der Waals surface area contributed by atoms with Gasteiger partial charge in [0.25, 0.3) is 0 Å². The maximum atomic E-state index is 9.29. The Hall–Kier alpha value is 0.335. The molecular formula is C7H14BNOS. The monoisotopic (exact) mass is 171 g/mol. The van der Waals surface area contributed by atoms with Crippen molar-refractivity contribution in [3.05, 3.63) is 0 Å². The third-order valence-electron chi connectivity index (χ3n) is 2.09. The lowest BCUT2D eigenvalue weighted by Crippen LogP contribution is -2.27. The number of aliphatic hydroxyl groups is 1. The van der Waals surface area contributed by atoms with Crippen molar-refractivity contribution in [1.29, 1.82) is 0 Å². The second-order valence-electron chi connectivity index (χ2n) is 3.02. The van der Waals surface area contributed by atoms with Gasteiger partial charge in [0.15, 0.2) is 0 Å². The van der Waals surface area contributed by atoms with E-state index in [0.29, 0.717) is 11.7 Å². The normalized spacial score (nSPS) is 32.9. The maximum Gasteiger partial charge on any atom is 0.0799 e. The molecule has 4 heteroatoms. The predicted octanol–water partition coefficient (Wildman–Crippen LogP) is -0.0894. The standard InChI is InChI=1S/C7H14BNOS/c1-9-3-7(10)2-6(9)4-11-5-8/h6-7,10H,2-5H2,1H3/t6-,7-/m0/s1. The van der Waals surface area contributed by atoms with E-state index in [1.807, 2.05) is 0 Å². The van der Waals surface area contributed by atoms with Crippen molar-refractivity contribution in [1.82, 2.24) is 4.90 Å². The number of aliphatic hydroxyl groups excluding tert-OH is 1. The number of likely N-dealkylation sites (tertiary alicyclic amines) is 1. The van der Waals surface area contributed by atoms with E-state index < -0.39 is 0 Å². The minimum absolute atomic E-state index is 0.122. The average molecular weight is 171 g/mol. The molecule has 0 aromatic carbocycles. The lowest BCUT2D eigenvalue weighted by Gasteiger charge is -2.17. The summed E-state index contributed by atoms with van der Waals surface area (Å²) in [5, 5.41) is 9.29. The molecule has 2 radical (unpaired) electrons. The number of thioether (sulfide) groups is 1. The zero-order chi connectivity index (χ0) is 8.27. The molecule has 1 rings (SSSR count). The van der Waals surface area contributed by atoms with Gasteiger partial charge >= 0.3 is 0 Å². The first-order valence-electron chi connectivity index (χ1n) is 3.90. The van der Waals surface area contributed by atoms with E-state index in [0.717, 1.165) is 18.7 Å². The smallest absolute Gasteiger partial charge is 0.0799 e. The van der Waals surface area contributed by atoms with Crippen LogP contribution in [0.1, 0.15) is 6.42 Å². The van der Waals surface area contributed by atoms with Crippen LogP contribution in [0.15, 0.2) is 0 Å². The highest BCUT2D eigenvalue weighted by atomic mass is 32.2. The molecule has 11 heavy (non-hydrogen) atoms. The maximum absolute atomic E-state index is 9.29. The van der Waals surface area contributed by atoms with Crippen molar-refractivity contribution in [2.24, 2.45) is 0 Å². The topological polar surface area (TPSA) is 23.5 Å². The lowest BCUT2D eigenvalue weighted by molar-refractivity contribution is 0.182. The lowest BCUT2D eigenvalue weighted by atomic mass is 10.2. The fraction of sp³-hybridized carbons (Fsp3) is 1.00. The van der Waals surface area contributed by atoms with Gasteiger partial charge in [0.2, 0.25) is 0 Å². The Bertz CT molecular complexity index is 125. The third-order valence-corrected chi connectivity index (χ3v) is 2.95. The molecule has 0 saturated carbocycles. The summed E-state index contributed by atoms with van der Waals surface area (Å²) in [5.41, 5.74) is 0.681. The highest BCUT2D eigenvalue weighted by Gasteiger charge is 2.27. The number of rotatable bonds is 3. The molecule has 0 spiro atoms. The van der Waals surface area contributed by atoms with E-state index in [-0.39, 0.29) is 6.10 Å². The van der Waals surface area contributed by atoms with Crippen LogP contribution in [0.25, 0.3) is 0 Å². The zero-order valence-corrected chi connectivity index (χ0v) is 7.68. The van der Waals surface area contributed by atoms with Gasteiger partial charge in [-0.15, -0.1) is 0 Å². The summed E-state index contributed by atoms with van der Waals surface area (Å²) in [6.45, 7) is 0.815. The molecule has 2 atom stereocenters. The van der Waals surface area contributed by atoms with Crippen LogP contribution in [0.2, 0.25) is 0 Å². The second-order valence-corrected chi connectivity index (χ2v) is 4.10. The van der Waals surface area contributed by atoms with Crippen LogP contribution >= 0.6 is 11.8 Å². The Morgan fingerprint density at radius 3 is 2.91 bits per heavy atom. The molecule has 0 aromatic rings. The van der Waals surface area contributed by atoms with Gasteiger partial charge in [0, 0.05) is 18.3 Å². The number of likely N-dealkylation sites (N-methyl/N-ethyl adjacent to an activating group) is 1. The first kappa shape index (κ1) is 9.42. The molecule has 2 nitrogen and oxygen atoms in total. The van der Waals surface area contributed by atoms with Gasteiger partial charge in [-0.1, -0.05) is 0 Å². The number of nitrogens with zero attached hydrogens (tertiary/aromatic N) is 1. The summed E-state index contributed by atoms with van der Waals surface area (Å²) >= 11 is 1.74. The summed E-state index contributed by atoms with van der Waals surface area (Å²) in [6.07, 6.45) is 0.784. The molecular weight excluding hydrogens is 157 g/mol. The predicted molar refractivity (Wildman–Crippen MR) is 50.1 cm³/mol. The Morgan fingerprint density at radius 1 is 1.73 bits per heavy atom. The first-order valence-corrected chi connectivity index (χ1v) is 5.05. The second kappa shape index (κ2) is 4.38. The highest BCUT2D eigenvalue weighted by molar-refractivity contribution is 8.00. The van der Waals surface area contributed by atoms with E-state index in [9.17, 15) is 5.11 Å². The van der Waals surface area contributed by atoms with Crippen molar-refractivity contribution in [3.63, 3.8) is 0 Å². The quantitative estimate of drug-likeness (QED) is 0.600. The van der Waals surface area contributed by atoms with Crippen LogP contribution in [-0.4, -0.2) is 55.0 Å². The fourth-order valence-corrected chi connectivity index (χ4v) is 2.25. The van der Waals surface area contributed by atoms with Crippen LogP contribution in [0.3, 0.4) is 0 Å². The van der Waals surface area contributed by atoms with E-state index in [1.165, 1.54) is 0 Å². The summed E-state index contributed by atoms with van der Waals surface area (Å²) in [5.74, 6) is 1.05. The Kier molecular flexibility index (Phi) is 3.75. The van der Waals surface area contributed by atoms with Crippen molar-refractivity contribution in [2.45, 2.75) is 18.6 Å². The molecule has 1 aliphatic heterocycles. The number of hydrogen-bond acceptors (Lipinski definition) is 3. The molecule has 1 aliphatic rings. The fourth-order valence-electron chi connectivity index (χ4n) is 1.45. The third kappa shape index (κ3) is 2.69. The van der Waals surface area contributed by atoms with Gasteiger partial charge in [-0.2, -0.15) is 11.8 Å². The molecule has 62 valence electrons. The van der Waals surface area contributed by atoms with E-state index in [2.05, 4.69) is 11.9 Å². The molecule has 1 fully saturated rings. The summed E-state index contributed by atoms with van der Waals surface area (Å²) < 4.78 is 0. The van der Waals surface area contributed by atoms with Crippen molar-refractivity contribution >= 4 is 19.6 Å². The summed E-state index contributed by atoms with van der Waals surface area (Å²) in [7, 11) is 7.42. The minimum Gasteiger partial charge on any atom is -0.392 e. The molecule has 0 aliphatic carbocycles. The summed E-state index contributed by atoms with van der Waals surface area (Å²) in [4.78, 5) is 2.20. The Morgan fingerprint density at radius 2 is 2.45 bits per heavy atom. The van der Waals surface area contributed by atoms with Gasteiger partial charge in [-0.05, 0) is 19.1 Å². The first-order chi connectivity index (χ1) is 5.24. The molecule has 0 unspecified atom stereocenters. The molecule has 0 amide bonds. The van der Waals surface area contributed by atoms with Gasteiger partial charge in [0.1, 0.15) is 0 Å². The number of hydrogen-bond donors (Lipinski definition) is 1. The van der Waals surface area contributed by atoms with E-state index in [1.54, 1.807) is 11.8 Å². The van der Waals surface area contributed by atoms with Crippen molar-refractivity contribution in [2.75, 3.05) is 25.0 Å². The SMILES string of the molecule is [B]CSC[C@@H]1C[C@H](O)CN1C. The van der Waals surface area contributed by atoms with Crippen LogP contribution in [-0.2, 0) is 0 Å². The zero-order valence-electron chi connectivity index (χ0n) is 6.86. The van der Waals surface area contributed by atoms with E-state index in [4.69, 9.17) is 7.85 Å². The van der Waals surface area contributed by atoms with Crippen LogP contribution < -0.4 is 0 Å². The molecule has 1 N–H and O–H groups in total. The van der Waals surface area contributed by atoms with Crippen molar-refractivity contribution in [3.8, 4) is 0 Å². The summed E-state index contributed by atoms with van der Waals surface area (Å²) in [6, 6.07) is 0.526. The minimum atomic E-state index is -0.122. The Labute approximate surface area is 73.8 Å². The number of β-amino-alcohol motifs (C(OH)–C–C–N with tert-alkyl or cyclic N) is 1. The average Bonchev–Trinajstić information content (AvgIpc) is 2.26. The van der Waals surface area contributed by atoms with Gasteiger partial charge in [-0.3, -0.25) is 4.90 Å². The molecule has 0 aromatic heterocycles. The van der Waals surface area contributed by atoms with Crippen molar-refractivity contribution < 1.29 is 5.11 Å². The highest BCUT2D eigenvalue weighted by Crippen LogP contribution is 2.18. The van der Waals surface area contributed by atoms with Crippen LogP contribution in [0, 0.1) is 0 Å². The van der Waals surface area contributed by atoms with Gasteiger partial charge in [0.05, 0.1) is 14.0 Å². The molecule has 1 heterocycles. The van der Waals surface area contributed by atoms with E-state index >= 15 is 0 Å². The largest absolute Gasteiger partial charge is 0.392 e. The van der Waals surface area contributed by atoms with Gasteiger partial charge in [-0.25, -0.2) is 0 Å². The van der Waals surface area contributed by atoms with Gasteiger partial charge < -0.3 is 5.11 Å².